The Labute approximate surface area is 173 Å². The quantitative estimate of drug-likeness (QED) is 0.504. The Morgan fingerprint density at radius 3 is 2.48 bits per heavy atom. The normalized spacial score (nSPS) is 19.0. The summed E-state index contributed by atoms with van der Waals surface area (Å²) in [4.78, 5) is 30.1. The number of benzene rings is 1. The van der Waals surface area contributed by atoms with Crippen LogP contribution in [0.1, 0.15) is 56.6 Å². The van der Waals surface area contributed by atoms with Gasteiger partial charge in [0.2, 0.25) is 0 Å². The molecule has 6 heteroatoms. The molecule has 0 spiro atoms. The van der Waals surface area contributed by atoms with Gasteiger partial charge >= 0.3 is 11.9 Å². The number of ether oxygens (including phenoxy) is 2. The lowest BCUT2D eigenvalue weighted by molar-refractivity contribution is -0.144. The first-order chi connectivity index (χ1) is 13.9. The van der Waals surface area contributed by atoms with Gasteiger partial charge in [-0.3, -0.25) is 9.79 Å². The van der Waals surface area contributed by atoms with Crippen molar-refractivity contribution in [2.24, 2.45) is 16.6 Å². The zero-order valence-corrected chi connectivity index (χ0v) is 17.9. The van der Waals surface area contributed by atoms with E-state index in [-0.39, 0.29) is 0 Å². The summed E-state index contributed by atoms with van der Waals surface area (Å²) in [5.74, 6) is -1.96. The Bertz CT molecular complexity index is 798. The van der Waals surface area contributed by atoms with E-state index in [9.17, 15) is 9.59 Å². The molecule has 2 atom stereocenters. The molecule has 2 rings (SSSR count). The zero-order chi connectivity index (χ0) is 21.4. The van der Waals surface area contributed by atoms with Crippen LogP contribution in [0.3, 0.4) is 0 Å². The van der Waals surface area contributed by atoms with Crippen molar-refractivity contribution < 1.29 is 19.1 Å². The molecule has 1 heterocycles. The monoisotopic (exact) mass is 400 g/mol. The van der Waals surface area contributed by atoms with Gasteiger partial charge in [-0.2, -0.15) is 0 Å². The van der Waals surface area contributed by atoms with Crippen LogP contribution in [-0.2, 0) is 19.1 Å². The van der Waals surface area contributed by atoms with Crippen LogP contribution in [-0.4, -0.2) is 37.9 Å². The van der Waals surface area contributed by atoms with E-state index < -0.39 is 23.8 Å². The SMILES string of the molecule is COC(=O)C1C(C)=NC(C)=C(C(=O)OCCCCCCN)C1c1cccc(C)c1. The van der Waals surface area contributed by atoms with Gasteiger partial charge in [-0.05, 0) is 45.7 Å². The number of carbonyl (C=O) groups is 2. The van der Waals surface area contributed by atoms with Gasteiger partial charge in [0.1, 0.15) is 5.92 Å². The van der Waals surface area contributed by atoms with Crippen LogP contribution in [0.25, 0.3) is 0 Å². The first-order valence-corrected chi connectivity index (χ1v) is 10.2. The molecule has 0 aliphatic carbocycles. The predicted octanol–water partition coefficient (Wildman–Crippen LogP) is 3.68. The first kappa shape index (κ1) is 22.8. The topological polar surface area (TPSA) is 91.0 Å². The Hall–Kier alpha value is -2.47. The van der Waals surface area contributed by atoms with Crippen molar-refractivity contribution >= 4 is 17.7 Å². The number of hydrogen-bond donors (Lipinski definition) is 1. The maximum Gasteiger partial charge on any atom is 0.336 e. The molecule has 0 aromatic heterocycles. The van der Waals surface area contributed by atoms with Gasteiger partial charge in [0.25, 0.3) is 0 Å². The van der Waals surface area contributed by atoms with Gasteiger partial charge in [-0.1, -0.05) is 42.7 Å². The lowest BCUT2D eigenvalue weighted by Crippen LogP contribution is -2.36. The average Bonchev–Trinajstić information content (AvgIpc) is 2.69. The van der Waals surface area contributed by atoms with Crippen LogP contribution >= 0.6 is 0 Å². The highest BCUT2D eigenvalue weighted by Crippen LogP contribution is 2.40. The second-order valence-corrected chi connectivity index (χ2v) is 7.48. The number of carbonyl (C=O) groups excluding carboxylic acids is 2. The van der Waals surface area contributed by atoms with Crippen molar-refractivity contribution in [3.8, 4) is 0 Å². The summed E-state index contributed by atoms with van der Waals surface area (Å²) >= 11 is 0. The molecular formula is C23H32N2O4. The van der Waals surface area contributed by atoms with Gasteiger partial charge in [0.05, 0.1) is 19.3 Å². The summed E-state index contributed by atoms with van der Waals surface area (Å²) in [6.07, 6.45) is 3.75. The molecule has 0 radical (unpaired) electrons. The molecule has 0 fully saturated rings. The minimum absolute atomic E-state index is 0.340. The average molecular weight is 401 g/mol. The van der Waals surface area contributed by atoms with Crippen LogP contribution in [0, 0.1) is 12.8 Å². The lowest BCUT2D eigenvalue weighted by atomic mass is 9.75. The lowest BCUT2D eigenvalue weighted by Gasteiger charge is -2.31. The fourth-order valence-electron chi connectivity index (χ4n) is 3.80. The molecule has 2 N–H and O–H groups in total. The maximum atomic E-state index is 13.0. The second kappa shape index (κ2) is 10.9. The van der Waals surface area contributed by atoms with Gasteiger partial charge in [0, 0.05) is 17.3 Å². The standard InChI is InChI=1S/C23H32N2O4/c1-15-10-9-11-18(14-15)21-19(22(26)28-4)16(2)25-17(3)20(21)23(27)29-13-8-6-5-7-12-24/h9-11,14,19,21H,5-8,12-13,24H2,1-4H3. The van der Waals surface area contributed by atoms with E-state index in [1.165, 1.54) is 7.11 Å². The molecule has 29 heavy (non-hydrogen) atoms. The van der Waals surface area contributed by atoms with Crippen molar-refractivity contribution in [2.45, 2.75) is 52.4 Å². The van der Waals surface area contributed by atoms with E-state index in [2.05, 4.69) is 4.99 Å². The number of nitrogens with zero attached hydrogens (tertiary/aromatic N) is 1. The van der Waals surface area contributed by atoms with Crippen molar-refractivity contribution in [2.75, 3.05) is 20.3 Å². The largest absolute Gasteiger partial charge is 0.468 e. The highest BCUT2D eigenvalue weighted by Gasteiger charge is 2.42. The van der Waals surface area contributed by atoms with Gasteiger partial charge in [-0.25, -0.2) is 4.79 Å². The van der Waals surface area contributed by atoms with Crippen LogP contribution in [0.2, 0.25) is 0 Å². The van der Waals surface area contributed by atoms with Crippen molar-refractivity contribution in [3.05, 3.63) is 46.7 Å². The second-order valence-electron chi connectivity index (χ2n) is 7.48. The number of allylic oxidation sites excluding steroid dienone is 1. The summed E-state index contributed by atoms with van der Waals surface area (Å²) in [7, 11) is 1.35. The molecule has 0 saturated carbocycles. The molecule has 0 amide bonds. The number of methoxy groups -OCH3 is 1. The minimum Gasteiger partial charge on any atom is -0.468 e. The van der Waals surface area contributed by atoms with E-state index in [1.54, 1.807) is 13.8 Å². The Morgan fingerprint density at radius 2 is 1.83 bits per heavy atom. The van der Waals surface area contributed by atoms with Crippen molar-refractivity contribution in [3.63, 3.8) is 0 Å². The summed E-state index contributed by atoms with van der Waals surface area (Å²) in [5, 5.41) is 0. The Morgan fingerprint density at radius 1 is 1.10 bits per heavy atom. The van der Waals surface area contributed by atoms with Gasteiger partial charge < -0.3 is 15.2 Å². The molecule has 2 unspecified atom stereocenters. The molecule has 6 nitrogen and oxygen atoms in total. The number of nitrogens with two attached hydrogens (primary N) is 1. The number of aryl methyl sites for hydroxylation is 1. The fraction of sp³-hybridized carbons (Fsp3) is 0.522. The molecule has 1 aromatic carbocycles. The van der Waals surface area contributed by atoms with Crippen LogP contribution in [0.15, 0.2) is 40.5 Å². The number of esters is 2. The zero-order valence-electron chi connectivity index (χ0n) is 17.9. The first-order valence-electron chi connectivity index (χ1n) is 10.2. The third-order valence-electron chi connectivity index (χ3n) is 5.24. The van der Waals surface area contributed by atoms with E-state index in [4.69, 9.17) is 15.2 Å². The summed E-state index contributed by atoms with van der Waals surface area (Å²) < 4.78 is 10.6. The number of unbranched alkanes of at least 4 members (excludes halogenated alkanes) is 3. The van der Waals surface area contributed by atoms with Crippen molar-refractivity contribution in [1.82, 2.24) is 0 Å². The Balaban J connectivity index is 2.31. The van der Waals surface area contributed by atoms with E-state index in [0.717, 1.165) is 36.8 Å². The Kier molecular flexibility index (Phi) is 8.58. The van der Waals surface area contributed by atoms with Crippen molar-refractivity contribution in [1.29, 1.82) is 0 Å². The van der Waals surface area contributed by atoms with E-state index in [0.29, 0.717) is 30.1 Å². The van der Waals surface area contributed by atoms with E-state index >= 15 is 0 Å². The highest BCUT2D eigenvalue weighted by atomic mass is 16.5. The molecule has 0 bridgehead atoms. The fourth-order valence-corrected chi connectivity index (χ4v) is 3.80. The third kappa shape index (κ3) is 5.76. The maximum absolute atomic E-state index is 13.0. The number of rotatable bonds is 9. The summed E-state index contributed by atoms with van der Waals surface area (Å²) in [5.41, 5.74) is 9.09. The van der Waals surface area contributed by atoms with Crippen LogP contribution in [0.4, 0.5) is 0 Å². The van der Waals surface area contributed by atoms with Crippen LogP contribution in [0.5, 0.6) is 0 Å². The van der Waals surface area contributed by atoms with E-state index in [1.807, 2.05) is 31.2 Å². The number of hydrogen-bond acceptors (Lipinski definition) is 6. The smallest absolute Gasteiger partial charge is 0.336 e. The van der Waals surface area contributed by atoms with Gasteiger partial charge in [0.15, 0.2) is 0 Å². The predicted molar refractivity (Wildman–Crippen MR) is 114 cm³/mol. The van der Waals surface area contributed by atoms with Crippen LogP contribution < -0.4 is 5.73 Å². The number of aliphatic imine (C=N–C) groups is 1. The van der Waals surface area contributed by atoms with Gasteiger partial charge in [-0.15, -0.1) is 0 Å². The highest BCUT2D eigenvalue weighted by molar-refractivity contribution is 6.06. The molecule has 0 saturated heterocycles. The summed E-state index contributed by atoms with van der Waals surface area (Å²) in [6.45, 7) is 6.59. The molecule has 1 aliphatic heterocycles. The molecule has 158 valence electrons. The molecule has 1 aliphatic rings. The third-order valence-corrected chi connectivity index (χ3v) is 5.24. The molecular weight excluding hydrogens is 368 g/mol. The summed E-state index contributed by atoms with van der Waals surface area (Å²) in [6, 6.07) is 7.83. The minimum atomic E-state index is -0.655. The molecule has 1 aromatic rings.